The summed E-state index contributed by atoms with van der Waals surface area (Å²) in [6.07, 6.45) is 4.07. The quantitative estimate of drug-likeness (QED) is 0.692. The van der Waals surface area contributed by atoms with Gasteiger partial charge in [-0.2, -0.15) is 0 Å². The minimum absolute atomic E-state index is 0.235. The summed E-state index contributed by atoms with van der Waals surface area (Å²) in [4.78, 5) is 0. The fourth-order valence-electron chi connectivity index (χ4n) is 2.28. The van der Waals surface area contributed by atoms with Crippen molar-refractivity contribution in [2.24, 2.45) is 0 Å². The smallest absolute Gasteiger partial charge is 0.0132 e. The normalized spacial score (nSPS) is 11.3. The average molecular weight is 264 g/mol. The lowest BCUT2D eigenvalue weighted by atomic mass is 9.86. The van der Waals surface area contributed by atoms with Crippen molar-refractivity contribution in [2.75, 3.05) is 0 Å². The van der Waals surface area contributed by atoms with E-state index in [0.29, 0.717) is 0 Å². The Morgan fingerprint density at radius 1 is 0.800 bits per heavy atom. The SMILES string of the molecule is C=Cc1ccc(CCc2ccc(C(C)(C)C)cc2)cc1. The molecule has 104 valence electrons. The van der Waals surface area contributed by atoms with Crippen molar-refractivity contribution < 1.29 is 0 Å². The molecule has 0 amide bonds. The van der Waals surface area contributed by atoms with E-state index >= 15 is 0 Å². The highest BCUT2D eigenvalue weighted by atomic mass is 14.2. The van der Waals surface area contributed by atoms with Gasteiger partial charge in [0.15, 0.2) is 0 Å². The van der Waals surface area contributed by atoms with Crippen molar-refractivity contribution in [1.82, 2.24) is 0 Å². The number of benzene rings is 2. The molecule has 0 aliphatic heterocycles. The number of rotatable bonds is 4. The molecule has 0 radical (unpaired) electrons. The first-order valence-corrected chi connectivity index (χ1v) is 7.30. The van der Waals surface area contributed by atoms with Gasteiger partial charge in [0, 0.05) is 0 Å². The van der Waals surface area contributed by atoms with E-state index in [0.717, 1.165) is 12.8 Å². The summed E-state index contributed by atoms with van der Waals surface area (Å²) in [6, 6.07) is 17.7. The van der Waals surface area contributed by atoms with Crippen LogP contribution in [0.1, 0.15) is 43.0 Å². The van der Waals surface area contributed by atoms with E-state index in [4.69, 9.17) is 0 Å². The van der Waals surface area contributed by atoms with Gasteiger partial charge in [0.05, 0.1) is 0 Å². The number of aryl methyl sites for hydroxylation is 2. The highest BCUT2D eigenvalue weighted by molar-refractivity contribution is 5.47. The van der Waals surface area contributed by atoms with E-state index < -0.39 is 0 Å². The highest BCUT2D eigenvalue weighted by Gasteiger charge is 2.12. The molecule has 2 aromatic rings. The second-order valence-corrected chi connectivity index (χ2v) is 6.39. The fraction of sp³-hybridized carbons (Fsp3) is 0.300. The van der Waals surface area contributed by atoms with Crippen LogP contribution >= 0.6 is 0 Å². The first-order chi connectivity index (χ1) is 9.49. The van der Waals surface area contributed by atoms with Gasteiger partial charge in [0.2, 0.25) is 0 Å². The predicted octanol–water partition coefficient (Wildman–Crippen LogP) is 5.41. The topological polar surface area (TPSA) is 0 Å². The van der Waals surface area contributed by atoms with Crippen molar-refractivity contribution in [1.29, 1.82) is 0 Å². The molecule has 0 bridgehead atoms. The van der Waals surface area contributed by atoms with Crippen LogP contribution in [0.25, 0.3) is 6.08 Å². The molecule has 0 heteroatoms. The second-order valence-electron chi connectivity index (χ2n) is 6.39. The van der Waals surface area contributed by atoms with Gasteiger partial charge >= 0.3 is 0 Å². The standard InChI is InChI=1S/C20H24/c1-5-16-6-8-17(9-7-16)10-11-18-12-14-19(15-13-18)20(2,3)4/h5-9,12-15H,1,10-11H2,2-4H3. The van der Waals surface area contributed by atoms with Crippen LogP contribution in [0.15, 0.2) is 55.1 Å². The van der Waals surface area contributed by atoms with Crippen LogP contribution in [0.2, 0.25) is 0 Å². The second kappa shape index (κ2) is 6.09. The van der Waals surface area contributed by atoms with Crippen molar-refractivity contribution in [2.45, 2.75) is 39.0 Å². The zero-order valence-corrected chi connectivity index (χ0v) is 12.8. The monoisotopic (exact) mass is 264 g/mol. The van der Waals surface area contributed by atoms with Crippen LogP contribution in [-0.4, -0.2) is 0 Å². The molecule has 0 fully saturated rings. The Morgan fingerprint density at radius 2 is 1.25 bits per heavy atom. The summed E-state index contributed by atoms with van der Waals surface area (Å²) >= 11 is 0. The summed E-state index contributed by atoms with van der Waals surface area (Å²) in [5.41, 5.74) is 5.61. The predicted molar refractivity (Wildman–Crippen MR) is 89.1 cm³/mol. The zero-order valence-electron chi connectivity index (χ0n) is 12.8. The molecule has 0 saturated carbocycles. The number of hydrogen-bond donors (Lipinski definition) is 0. The maximum absolute atomic E-state index is 3.78. The lowest BCUT2D eigenvalue weighted by Gasteiger charge is -2.19. The van der Waals surface area contributed by atoms with Crippen molar-refractivity contribution in [3.05, 3.63) is 77.4 Å². The van der Waals surface area contributed by atoms with Gasteiger partial charge in [0.25, 0.3) is 0 Å². The lowest BCUT2D eigenvalue weighted by molar-refractivity contribution is 0.590. The Labute approximate surface area is 123 Å². The Balaban J connectivity index is 1.98. The molecule has 0 aliphatic rings. The van der Waals surface area contributed by atoms with Crippen LogP contribution in [0.4, 0.5) is 0 Å². The van der Waals surface area contributed by atoms with E-state index in [9.17, 15) is 0 Å². The van der Waals surface area contributed by atoms with Gasteiger partial charge in [-0.3, -0.25) is 0 Å². The van der Waals surface area contributed by atoms with E-state index in [1.807, 2.05) is 6.08 Å². The van der Waals surface area contributed by atoms with Gasteiger partial charge in [-0.25, -0.2) is 0 Å². The maximum atomic E-state index is 3.78. The van der Waals surface area contributed by atoms with Crippen LogP contribution in [0, 0.1) is 0 Å². The van der Waals surface area contributed by atoms with Crippen LogP contribution in [0.5, 0.6) is 0 Å². The maximum Gasteiger partial charge on any atom is -0.0132 e. The third-order valence-corrected chi connectivity index (χ3v) is 3.74. The molecule has 0 aromatic heterocycles. The molecule has 0 spiro atoms. The summed E-state index contributed by atoms with van der Waals surface area (Å²) in [6.45, 7) is 10.5. The minimum atomic E-state index is 0.235. The highest BCUT2D eigenvalue weighted by Crippen LogP contribution is 2.22. The van der Waals surface area contributed by atoms with Crippen molar-refractivity contribution >= 4 is 6.08 Å². The molecule has 0 atom stereocenters. The first kappa shape index (κ1) is 14.6. The Hall–Kier alpha value is -1.82. The van der Waals surface area contributed by atoms with Gasteiger partial charge < -0.3 is 0 Å². The van der Waals surface area contributed by atoms with E-state index in [2.05, 4.69) is 75.9 Å². The molecule has 0 saturated heterocycles. The van der Waals surface area contributed by atoms with Crippen LogP contribution in [-0.2, 0) is 18.3 Å². The summed E-state index contributed by atoms with van der Waals surface area (Å²) in [7, 11) is 0. The van der Waals surface area contributed by atoms with Crippen molar-refractivity contribution in [3.63, 3.8) is 0 Å². The summed E-state index contributed by atoms with van der Waals surface area (Å²) in [5.74, 6) is 0. The largest absolute Gasteiger partial charge is 0.0985 e. The molecule has 0 nitrogen and oxygen atoms in total. The van der Waals surface area contributed by atoms with Gasteiger partial charge in [-0.15, -0.1) is 0 Å². The molecule has 0 unspecified atom stereocenters. The van der Waals surface area contributed by atoms with E-state index in [1.165, 1.54) is 22.3 Å². The number of hydrogen-bond acceptors (Lipinski definition) is 0. The average Bonchev–Trinajstić information content (AvgIpc) is 2.45. The third kappa shape index (κ3) is 3.84. The molecular weight excluding hydrogens is 240 g/mol. The minimum Gasteiger partial charge on any atom is -0.0985 e. The van der Waals surface area contributed by atoms with Gasteiger partial charge in [-0.1, -0.05) is 82.0 Å². The Kier molecular flexibility index (Phi) is 4.44. The van der Waals surface area contributed by atoms with Crippen LogP contribution < -0.4 is 0 Å². The fourth-order valence-corrected chi connectivity index (χ4v) is 2.28. The molecule has 0 aliphatic carbocycles. The first-order valence-electron chi connectivity index (χ1n) is 7.30. The van der Waals surface area contributed by atoms with Crippen molar-refractivity contribution in [3.8, 4) is 0 Å². The molecule has 0 heterocycles. The molecule has 2 rings (SSSR count). The zero-order chi connectivity index (χ0) is 14.6. The van der Waals surface area contributed by atoms with Gasteiger partial charge in [-0.05, 0) is 40.5 Å². The Morgan fingerprint density at radius 3 is 1.65 bits per heavy atom. The lowest BCUT2D eigenvalue weighted by Crippen LogP contribution is -2.10. The molecule has 0 N–H and O–H groups in total. The molecule has 2 aromatic carbocycles. The van der Waals surface area contributed by atoms with E-state index in [1.54, 1.807) is 0 Å². The van der Waals surface area contributed by atoms with Crippen LogP contribution in [0.3, 0.4) is 0 Å². The summed E-state index contributed by atoms with van der Waals surface area (Å²) < 4.78 is 0. The molecular formula is C20H24. The Bertz CT molecular complexity index is 550. The molecule has 20 heavy (non-hydrogen) atoms. The van der Waals surface area contributed by atoms with E-state index in [-0.39, 0.29) is 5.41 Å². The van der Waals surface area contributed by atoms with Gasteiger partial charge in [0.1, 0.15) is 0 Å². The summed E-state index contributed by atoms with van der Waals surface area (Å²) in [5, 5.41) is 0. The third-order valence-electron chi connectivity index (χ3n) is 3.74.